The zero-order valence-corrected chi connectivity index (χ0v) is 16.6. The summed E-state index contributed by atoms with van der Waals surface area (Å²) in [7, 11) is 0. The highest BCUT2D eigenvalue weighted by Crippen LogP contribution is 2.41. The van der Waals surface area contributed by atoms with Gasteiger partial charge in [0.2, 0.25) is 0 Å². The van der Waals surface area contributed by atoms with Crippen LogP contribution in [0.15, 0.2) is 20.6 Å². The maximum absolute atomic E-state index is 12.5. The maximum atomic E-state index is 12.5. The number of amides is 1. The molecule has 1 saturated heterocycles. The van der Waals surface area contributed by atoms with Crippen LogP contribution in [-0.4, -0.2) is 47.3 Å². The molecule has 3 aliphatic heterocycles. The summed E-state index contributed by atoms with van der Waals surface area (Å²) >= 11 is 1.16. The molecule has 134 valence electrons. The van der Waals surface area contributed by atoms with Crippen LogP contribution in [0, 0.1) is 0 Å². The molecule has 0 radical (unpaired) electrons. The van der Waals surface area contributed by atoms with Crippen molar-refractivity contribution in [2.75, 3.05) is 33.8 Å². The van der Waals surface area contributed by atoms with E-state index >= 15 is 0 Å². The molecule has 1 aromatic rings. The molecule has 0 aliphatic carbocycles. The molecule has 0 saturated carbocycles. The summed E-state index contributed by atoms with van der Waals surface area (Å²) in [5, 5.41) is 6.52. The van der Waals surface area contributed by atoms with E-state index in [4.69, 9.17) is 0 Å². The molecule has 8 nitrogen and oxygen atoms in total. The minimum atomic E-state index is -0.431. The van der Waals surface area contributed by atoms with E-state index in [0.717, 1.165) is 47.5 Å². The van der Waals surface area contributed by atoms with Crippen LogP contribution in [0.5, 0.6) is 0 Å². The first-order valence-corrected chi connectivity index (χ1v) is 11.4. The highest BCUT2D eigenvalue weighted by molar-refractivity contribution is 14.2. The molecule has 0 aromatic carbocycles. The molecule has 3 N–H and O–H groups in total. The maximum Gasteiger partial charge on any atom is 0.259 e. The van der Waals surface area contributed by atoms with E-state index in [-0.39, 0.29) is 5.91 Å². The Hall–Kier alpha value is -1.27. The summed E-state index contributed by atoms with van der Waals surface area (Å²) in [4.78, 5) is 23.9. The molecule has 4 heterocycles. The molecule has 1 atom stereocenters. The Kier molecular flexibility index (Phi) is 5.46. The van der Waals surface area contributed by atoms with Gasteiger partial charge in [0.1, 0.15) is 27.6 Å². The number of hydrogen-bond donors (Lipinski definition) is 3. The first-order chi connectivity index (χ1) is 12.3. The van der Waals surface area contributed by atoms with Gasteiger partial charge in [-0.3, -0.25) is 4.79 Å². The van der Waals surface area contributed by atoms with Gasteiger partial charge < -0.3 is 19.1 Å². The minimum Gasteiger partial charge on any atom is -0.350 e. The van der Waals surface area contributed by atoms with E-state index in [9.17, 15) is 4.79 Å². The van der Waals surface area contributed by atoms with Crippen molar-refractivity contribution in [3.8, 4) is 0 Å². The summed E-state index contributed by atoms with van der Waals surface area (Å²) in [6.07, 6.45) is 7.04. The second kappa shape index (κ2) is 7.96. The quantitative estimate of drug-likeness (QED) is 0.456. The normalized spacial score (nSPS) is 22.5. The van der Waals surface area contributed by atoms with Crippen LogP contribution in [0.3, 0.4) is 0 Å². The monoisotopic (exact) mass is 473 g/mol. The Morgan fingerprint density at radius 1 is 1.44 bits per heavy atom. The molecule has 1 fully saturated rings. The number of aromatic nitrogens is 2. The van der Waals surface area contributed by atoms with Crippen LogP contribution in [0.1, 0.15) is 19.3 Å². The number of nitrogens with one attached hydrogen (secondary N) is 3. The number of thioether (sulfide) groups is 1. The number of nitrogens with zero attached hydrogens (tertiary/aromatic N) is 4. The third-order valence-electron chi connectivity index (χ3n) is 4.34. The number of anilines is 2. The summed E-state index contributed by atoms with van der Waals surface area (Å²) < 4.78 is 7.75. The van der Waals surface area contributed by atoms with Gasteiger partial charge in [-0.1, -0.05) is 6.42 Å². The molecule has 0 bridgehead atoms. The second-order valence-electron chi connectivity index (χ2n) is 6.05. The largest absolute Gasteiger partial charge is 0.350 e. The number of carbonyl (C=O) groups excluding carboxylic acids is 1. The van der Waals surface area contributed by atoms with Gasteiger partial charge in [0, 0.05) is 31.1 Å². The van der Waals surface area contributed by atoms with Crippen LogP contribution in [0.2, 0.25) is 0 Å². The molecule has 0 spiro atoms. The van der Waals surface area contributed by atoms with Gasteiger partial charge in [-0.15, -0.1) is 11.8 Å². The smallest absolute Gasteiger partial charge is 0.259 e. The molecule has 0 unspecified atom stereocenters. The zero-order valence-electron chi connectivity index (χ0n) is 13.7. The van der Waals surface area contributed by atoms with E-state index in [1.54, 1.807) is 18.1 Å². The van der Waals surface area contributed by atoms with Crippen molar-refractivity contribution < 1.29 is 4.79 Å². The summed E-state index contributed by atoms with van der Waals surface area (Å²) in [5.41, 5.74) is 0.824. The topological polar surface area (TPSA) is 94.5 Å². The highest BCUT2D eigenvalue weighted by atomic mass is 127. The molecule has 10 heteroatoms. The molecular weight excluding hydrogens is 453 g/mol. The van der Waals surface area contributed by atoms with Gasteiger partial charge in [0.05, 0.1) is 4.91 Å². The van der Waals surface area contributed by atoms with Crippen LogP contribution in [0.4, 0.5) is 17.3 Å². The van der Waals surface area contributed by atoms with Crippen molar-refractivity contribution >= 4 is 56.3 Å². The number of piperidine rings is 1. The minimum absolute atomic E-state index is 0.00439. The third-order valence-corrected chi connectivity index (χ3v) is 6.81. The standard InChI is InChI=1S/C15H20IN7OS/c24-15(18-7-10-3-1-2-4-17-10)11-8-23(5-6-25-11)14-12-13(19-9-20-14)22-16-21-12/h8-10,17H,1-7H2,(H,18,24)(H,19,20,21,22)/t10-/m1/s1. The van der Waals surface area contributed by atoms with Gasteiger partial charge in [-0.05, 0) is 19.4 Å². The van der Waals surface area contributed by atoms with Crippen molar-refractivity contribution in [3.05, 3.63) is 17.4 Å². The van der Waals surface area contributed by atoms with E-state index < -0.39 is 21.3 Å². The molecule has 1 amide bonds. The van der Waals surface area contributed by atoms with Crippen LogP contribution in [-0.2, 0) is 4.79 Å². The van der Waals surface area contributed by atoms with Crippen LogP contribution < -0.4 is 19.1 Å². The van der Waals surface area contributed by atoms with Gasteiger partial charge in [-0.2, -0.15) is 3.15 Å². The second-order valence-corrected chi connectivity index (χ2v) is 8.69. The van der Waals surface area contributed by atoms with Gasteiger partial charge >= 0.3 is 0 Å². The molecule has 1 aromatic heterocycles. The van der Waals surface area contributed by atoms with E-state index in [0.29, 0.717) is 12.6 Å². The lowest BCUT2D eigenvalue weighted by molar-refractivity contribution is -0.116. The fourth-order valence-electron chi connectivity index (χ4n) is 3.02. The van der Waals surface area contributed by atoms with Crippen molar-refractivity contribution in [1.82, 2.24) is 20.6 Å². The first-order valence-electron chi connectivity index (χ1n) is 8.39. The zero-order chi connectivity index (χ0) is 17.1. The summed E-state index contributed by atoms with van der Waals surface area (Å²) in [6.45, 7) is 2.54. The molecule has 3 aliphatic rings. The van der Waals surface area contributed by atoms with Crippen LogP contribution in [0.25, 0.3) is 0 Å². The summed E-state index contributed by atoms with van der Waals surface area (Å²) in [5.74, 6) is 2.44. The third kappa shape index (κ3) is 3.95. The van der Waals surface area contributed by atoms with Crippen molar-refractivity contribution in [2.24, 2.45) is 3.15 Å². The highest BCUT2D eigenvalue weighted by Gasteiger charge is 2.24. The lowest BCUT2D eigenvalue weighted by Gasteiger charge is -2.27. The van der Waals surface area contributed by atoms with E-state index in [1.165, 1.54) is 12.8 Å². The molecule has 25 heavy (non-hydrogen) atoms. The van der Waals surface area contributed by atoms with Gasteiger partial charge in [-0.25, -0.2) is 9.97 Å². The Bertz CT molecular complexity index is 720. The SMILES string of the molecule is O=C(NC[C@H]1CCCCN1)C1=CN(c2ncnc3c2N=IN3)CCS1. The Morgan fingerprint density at radius 3 is 3.28 bits per heavy atom. The number of rotatable bonds is 4. The van der Waals surface area contributed by atoms with Crippen LogP contribution >= 0.6 is 33.1 Å². The molecule has 4 rings (SSSR count). The first kappa shape index (κ1) is 17.2. The lowest BCUT2D eigenvalue weighted by Crippen LogP contribution is -2.44. The number of carbonyl (C=O) groups is 1. The average Bonchev–Trinajstić information content (AvgIpc) is 3.16. The predicted octanol–water partition coefficient (Wildman–Crippen LogP) is 2.26. The average molecular weight is 473 g/mol. The number of hydrogen-bond acceptors (Lipinski definition) is 8. The molecular formula is C15H20IN7OS. The van der Waals surface area contributed by atoms with E-state index in [2.05, 4.69) is 27.3 Å². The lowest BCUT2D eigenvalue weighted by atomic mass is 10.1. The van der Waals surface area contributed by atoms with Crippen molar-refractivity contribution in [1.29, 1.82) is 0 Å². The Labute approximate surface area is 161 Å². The van der Waals surface area contributed by atoms with E-state index in [1.807, 2.05) is 11.1 Å². The summed E-state index contributed by atoms with van der Waals surface area (Å²) in [6, 6.07) is 0.391. The van der Waals surface area contributed by atoms with Gasteiger partial charge in [0.25, 0.3) is 5.91 Å². The van der Waals surface area contributed by atoms with Gasteiger partial charge in [0.15, 0.2) is 17.3 Å². The Morgan fingerprint density at radius 2 is 2.40 bits per heavy atom. The fraction of sp³-hybridized carbons (Fsp3) is 0.533. The number of fused-ring (bicyclic) bond motifs is 1. The number of halogens is 1. The predicted molar refractivity (Wildman–Crippen MR) is 108 cm³/mol. The van der Waals surface area contributed by atoms with Crippen molar-refractivity contribution in [3.63, 3.8) is 0 Å². The fourth-order valence-corrected chi connectivity index (χ4v) is 5.36. The van der Waals surface area contributed by atoms with Crippen molar-refractivity contribution in [2.45, 2.75) is 25.3 Å². The Balaban J connectivity index is 1.44.